The molecule has 4 nitrogen and oxygen atoms in total. The molecule has 0 aliphatic carbocycles. The Morgan fingerprint density at radius 2 is 2.19 bits per heavy atom. The number of sulfonamides is 1. The molecule has 0 radical (unpaired) electrons. The smallest absolute Gasteiger partial charge is 0.239 e. The van der Waals surface area contributed by atoms with Crippen LogP contribution in [0.4, 0.5) is 10.1 Å². The molecule has 0 fully saturated rings. The van der Waals surface area contributed by atoms with Crippen molar-refractivity contribution < 1.29 is 12.8 Å². The average molecular weight is 327 g/mol. The predicted molar refractivity (Wildman–Crippen MR) is 68.3 cm³/mol. The number of rotatable bonds is 4. The summed E-state index contributed by atoms with van der Waals surface area (Å²) < 4.78 is 38.3. The van der Waals surface area contributed by atoms with Gasteiger partial charge >= 0.3 is 0 Å². The topological polar surface area (TPSA) is 72.2 Å². The van der Waals surface area contributed by atoms with Crippen LogP contribution in [0.2, 0.25) is 0 Å². The highest BCUT2D eigenvalue weighted by Gasteiger charge is 2.12. The minimum Gasteiger partial charge on any atom is -0.392 e. The quantitative estimate of drug-likeness (QED) is 0.825. The van der Waals surface area contributed by atoms with Crippen molar-refractivity contribution in [1.82, 2.24) is 0 Å². The van der Waals surface area contributed by atoms with Gasteiger partial charge in [0, 0.05) is 0 Å². The normalized spacial score (nSPS) is 11.1. The Kier molecular flexibility index (Phi) is 4.22. The molecule has 1 rings (SSSR count). The van der Waals surface area contributed by atoms with Gasteiger partial charge in [0.2, 0.25) is 10.0 Å². The molecule has 0 saturated carbocycles. The van der Waals surface area contributed by atoms with E-state index >= 15 is 0 Å². The molecule has 0 spiro atoms. The molecule has 0 aromatic heterocycles. The Bertz CT molecular complexity index is 519. The lowest BCUT2D eigenvalue weighted by Gasteiger charge is -2.07. The zero-order valence-corrected chi connectivity index (χ0v) is 11.1. The molecule has 0 amide bonds. The van der Waals surface area contributed by atoms with E-state index in [9.17, 15) is 12.8 Å². The van der Waals surface area contributed by atoms with Gasteiger partial charge in [-0.15, -0.1) is 0 Å². The lowest BCUT2D eigenvalue weighted by Crippen LogP contribution is -2.26. The SMILES string of the molecule is NC(=S)CS(=O)(=O)Nc1ccc(Br)c(F)c1. The summed E-state index contributed by atoms with van der Waals surface area (Å²) in [5.41, 5.74) is 5.24. The Labute approximate surface area is 106 Å². The fraction of sp³-hybridized carbons (Fsp3) is 0.125. The van der Waals surface area contributed by atoms with Gasteiger partial charge in [-0.25, -0.2) is 12.8 Å². The monoisotopic (exact) mass is 326 g/mol. The molecule has 0 bridgehead atoms. The number of nitrogens with one attached hydrogen (secondary N) is 1. The molecule has 0 unspecified atom stereocenters. The molecule has 1 aromatic carbocycles. The van der Waals surface area contributed by atoms with E-state index in [1.165, 1.54) is 12.1 Å². The number of halogens is 2. The van der Waals surface area contributed by atoms with Gasteiger partial charge < -0.3 is 5.73 Å². The molecule has 3 N–H and O–H groups in total. The van der Waals surface area contributed by atoms with Crippen LogP contribution in [0.5, 0.6) is 0 Å². The van der Waals surface area contributed by atoms with E-state index in [1.54, 1.807) is 0 Å². The highest BCUT2D eigenvalue weighted by atomic mass is 79.9. The van der Waals surface area contributed by atoms with Gasteiger partial charge in [-0.05, 0) is 34.1 Å². The van der Waals surface area contributed by atoms with Gasteiger partial charge in [0.05, 0.1) is 15.1 Å². The van der Waals surface area contributed by atoms with Gasteiger partial charge in [-0.2, -0.15) is 0 Å². The van der Waals surface area contributed by atoms with Crippen molar-refractivity contribution in [1.29, 1.82) is 0 Å². The number of nitrogens with two attached hydrogens (primary N) is 1. The summed E-state index contributed by atoms with van der Waals surface area (Å²) in [5, 5.41) is 0. The predicted octanol–water partition coefficient (Wildman–Crippen LogP) is 1.62. The summed E-state index contributed by atoms with van der Waals surface area (Å²) in [4.78, 5) is -0.148. The van der Waals surface area contributed by atoms with E-state index in [0.717, 1.165) is 6.07 Å². The highest BCUT2D eigenvalue weighted by Crippen LogP contribution is 2.19. The highest BCUT2D eigenvalue weighted by molar-refractivity contribution is 9.10. The van der Waals surface area contributed by atoms with Crippen LogP contribution in [-0.2, 0) is 10.0 Å². The van der Waals surface area contributed by atoms with E-state index in [2.05, 4.69) is 32.9 Å². The third-order valence-corrected chi connectivity index (χ3v) is 3.73. The number of hydrogen-bond donors (Lipinski definition) is 2. The van der Waals surface area contributed by atoms with Crippen molar-refractivity contribution in [2.75, 3.05) is 10.5 Å². The van der Waals surface area contributed by atoms with E-state index in [1.807, 2.05) is 0 Å². The first-order valence-corrected chi connectivity index (χ1v) is 6.89. The van der Waals surface area contributed by atoms with Crippen LogP contribution >= 0.6 is 28.1 Å². The largest absolute Gasteiger partial charge is 0.392 e. The second-order valence-corrected chi connectivity index (χ2v) is 6.06. The molecule has 1 aromatic rings. The minimum absolute atomic E-state index is 0.122. The van der Waals surface area contributed by atoms with Crippen LogP contribution in [0.3, 0.4) is 0 Å². The van der Waals surface area contributed by atoms with Gasteiger partial charge in [0.1, 0.15) is 11.6 Å². The van der Waals surface area contributed by atoms with Crippen molar-refractivity contribution >= 4 is 48.8 Å². The fourth-order valence-corrected chi connectivity index (χ4v) is 2.61. The number of anilines is 1. The molecule has 16 heavy (non-hydrogen) atoms. The number of hydrogen-bond acceptors (Lipinski definition) is 3. The number of benzene rings is 1. The second-order valence-electron chi connectivity index (χ2n) is 2.96. The van der Waals surface area contributed by atoms with Crippen LogP contribution < -0.4 is 10.5 Å². The third-order valence-electron chi connectivity index (χ3n) is 1.53. The van der Waals surface area contributed by atoms with Crippen molar-refractivity contribution in [2.45, 2.75) is 0 Å². The Morgan fingerprint density at radius 1 is 1.56 bits per heavy atom. The molecular formula is C8H8BrFN2O2S2. The summed E-state index contributed by atoms with van der Waals surface area (Å²) in [6, 6.07) is 3.87. The molecule has 88 valence electrons. The molecule has 8 heteroatoms. The summed E-state index contributed by atoms with van der Waals surface area (Å²) >= 11 is 7.44. The van der Waals surface area contributed by atoms with E-state index in [4.69, 9.17) is 5.73 Å². The minimum atomic E-state index is -3.66. The molecular weight excluding hydrogens is 319 g/mol. The zero-order valence-electron chi connectivity index (χ0n) is 7.91. The average Bonchev–Trinajstić information content (AvgIpc) is 2.08. The summed E-state index contributed by atoms with van der Waals surface area (Å²) in [7, 11) is -3.66. The van der Waals surface area contributed by atoms with E-state index in [-0.39, 0.29) is 15.1 Å². The molecule has 0 aliphatic heterocycles. The van der Waals surface area contributed by atoms with Gasteiger partial charge in [-0.3, -0.25) is 4.72 Å². The second kappa shape index (κ2) is 5.07. The Hall–Kier alpha value is -0.730. The first-order valence-electron chi connectivity index (χ1n) is 4.04. The van der Waals surface area contributed by atoms with Crippen LogP contribution in [0, 0.1) is 5.82 Å². The van der Waals surface area contributed by atoms with Crippen molar-refractivity contribution in [3.63, 3.8) is 0 Å². The summed E-state index contributed by atoms with van der Waals surface area (Å²) in [6.07, 6.45) is 0. The number of thiocarbonyl (C=S) groups is 1. The van der Waals surface area contributed by atoms with Crippen molar-refractivity contribution in [3.05, 3.63) is 28.5 Å². The van der Waals surface area contributed by atoms with Crippen LogP contribution in [0.15, 0.2) is 22.7 Å². The van der Waals surface area contributed by atoms with Crippen LogP contribution in [0.25, 0.3) is 0 Å². The van der Waals surface area contributed by atoms with Crippen molar-refractivity contribution in [2.24, 2.45) is 5.73 Å². The maximum atomic E-state index is 13.1. The van der Waals surface area contributed by atoms with Gasteiger partial charge in [0.25, 0.3) is 0 Å². The maximum Gasteiger partial charge on any atom is 0.239 e. The van der Waals surface area contributed by atoms with Gasteiger partial charge in [0.15, 0.2) is 0 Å². The maximum absolute atomic E-state index is 13.1. The first-order chi connectivity index (χ1) is 7.30. The summed E-state index contributed by atoms with van der Waals surface area (Å²) in [5.74, 6) is -1.03. The first kappa shape index (κ1) is 13.3. The zero-order chi connectivity index (χ0) is 12.3. The standard InChI is InChI=1S/C8H8BrFN2O2S2/c9-6-2-1-5(3-7(6)10)12-16(13,14)4-8(11)15/h1-3,12H,4H2,(H2,11,15). The fourth-order valence-electron chi connectivity index (χ4n) is 0.963. The Balaban J connectivity index is 2.88. The van der Waals surface area contributed by atoms with Crippen LogP contribution in [0.1, 0.15) is 0 Å². The van der Waals surface area contributed by atoms with Crippen molar-refractivity contribution in [3.8, 4) is 0 Å². The molecule has 0 heterocycles. The third kappa shape index (κ3) is 4.03. The molecule has 0 saturated heterocycles. The van der Waals surface area contributed by atoms with Gasteiger partial charge in [-0.1, -0.05) is 12.2 Å². The van der Waals surface area contributed by atoms with Crippen LogP contribution in [-0.4, -0.2) is 19.2 Å². The van der Waals surface area contributed by atoms with E-state index < -0.39 is 21.6 Å². The summed E-state index contributed by atoms with van der Waals surface area (Å²) in [6.45, 7) is 0. The lowest BCUT2D eigenvalue weighted by atomic mass is 10.3. The molecule has 0 aliphatic rings. The van der Waals surface area contributed by atoms with E-state index in [0.29, 0.717) is 0 Å². The lowest BCUT2D eigenvalue weighted by molar-refractivity contribution is 0.604. The Morgan fingerprint density at radius 3 is 2.69 bits per heavy atom. The molecule has 0 atom stereocenters.